The standard InChI is InChI=1S/C23H26O4S/c1-3-16-26-20-13-10-18(11-14-20)17-27-22(24)15-12-19(4-2)23(25)28-21-8-6-5-7-9-21/h3,5-11,13-14,19H,1,4,12,15-17H2,2H3/t19-/m0/s1. The first-order valence-corrected chi connectivity index (χ1v) is 10.2. The molecule has 0 N–H and O–H groups in total. The molecule has 28 heavy (non-hydrogen) atoms. The quantitative estimate of drug-likeness (QED) is 0.287. The van der Waals surface area contributed by atoms with Crippen molar-refractivity contribution in [3.63, 3.8) is 0 Å². The highest BCUT2D eigenvalue weighted by Gasteiger charge is 2.19. The number of carbonyl (C=O) groups is 2. The molecule has 1 atom stereocenters. The zero-order valence-electron chi connectivity index (χ0n) is 16.1. The van der Waals surface area contributed by atoms with Crippen molar-refractivity contribution in [2.45, 2.75) is 37.7 Å². The van der Waals surface area contributed by atoms with Crippen molar-refractivity contribution >= 4 is 22.8 Å². The van der Waals surface area contributed by atoms with Crippen LogP contribution in [0.1, 0.15) is 31.7 Å². The molecular formula is C23H26O4S. The average Bonchev–Trinajstić information content (AvgIpc) is 2.72. The third-order valence-corrected chi connectivity index (χ3v) is 5.22. The number of carbonyl (C=O) groups excluding carboxylic acids is 2. The fraction of sp³-hybridized carbons (Fsp3) is 0.304. The zero-order chi connectivity index (χ0) is 20.2. The van der Waals surface area contributed by atoms with Crippen LogP contribution in [0, 0.1) is 5.92 Å². The van der Waals surface area contributed by atoms with E-state index in [9.17, 15) is 9.59 Å². The van der Waals surface area contributed by atoms with Crippen LogP contribution in [0.15, 0.2) is 72.1 Å². The number of thioether (sulfide) groups is 1. The van der Waals surface area contributed by atoms with Crippen LogP contribution < -0.4 is 4.74 Å². The monoisotopic (exact) mass is 398 g/mol. The summed E-state index contributed by atoms with van der Waals surface area (Å²) in [5, 5.41) is 0.0941. The van der Waals surface area contributed by atoms with Crippen LogP contribution in [-0.2, 0) is 20.9 Å². The maximum Gasteiger partial charge on any atom is 0.306 e. The van der Waals surface area contributed by atoms with Gasteiger partial charge in [-0.1, -0.05) is 61.7 Å². The van der Waals surface area contributed by atoms with Gasteiger partial charge in [-0.3, -0.25) is 9.59 Å². The molecule has 4 nitrogen and oxygen atoms in total. The number of benzene rings is 2. The lowest BCUT2D eigenvalue weighted by molar-refractivity contribution is -0.145. The second kappa shape index (κ2) is 12.0. The maximum absolute atomic E-state index is 12.4. The second-order valence-electron chi connectivity index (χ2n) is 6.28. The van der Waals surface area contributed by atoms with Gasteiger partial charge in [-0.15, -0.1) is 0 Å². The predicted octanol–water partition coefficient (Wildman–Crippen LogP) is 5.42. The van der Waals surface area contributed by atoms with Crippen molar-refractivity contribution in [3.05, 3.63) is 72.8 Å². The Morgan fingerprint density at radius 3 is 2.46 bits per heavy atom. The first kappa shape index (κ1) is 21.8. The Bertz CT molecular complexity index is 756. The second-order valence-corrected chi connectivity index (χ2v) is 7.36. The molecule has 0 saturated heterocycles. The van der Waals surface area contributed by atoms with Crippen LogP contribution in [0.5, 0.6) is 5.75 Å². The van der Waals surface area contributed by atoms with Crippen LogP contribution >= 0.6 is 11.8 Å². The van der Waals surface area contributed by atoms with Gasteiger partial charge < -0.3 is 9.47 Å². The van der Waals surface area contributed by atoms with Crippen molar-refractivity contribution in [3.8, 4) is 5.75 Å². The maximum atomic E-state index is 12.4. The molecule has 0 aliphatic rings. The number of rotatable bonds is 11. The summed E-state index contributed by atoms with van der Waals surface area (Å²) in [5.74, 6) is 0.303. The summed E-state index contributed by atoms with van der Waals surface area (Å²) in [7, 11) is 0. The molecule has 0 fully saturated rings. The van der Waals surface area contributed by atoms with E-state index in [1.165, 1.54) is 11.8 Å². The Morgan fingerprint density at radius 1 is 1.11 bits per heavy atom. The van der Waals surface area contributed by atoms with E-state index in [-0.39, 0.29) is 30.0 Å². The van der Waals surface area contributed by atoms with Gasteiger partial charge in [0.25, 0.3) is 0 Å². The molecule has 148 valence electrons. The van der Waals surface area contributed by atoms with Gasteiger partial charge in [-0.2, -0.15) is 0 Å². The highest BCUT2D eigenvalue weighted by Crippen LogP contribution is 2.26. The van der Waals surface area contributed by atoms with Gasteiger partial charge in [-0.25, -0.2) is 0 Å². The Morgan fingerprint density at radius 2 is 1.82 bits per heavy atom. The smallest absolute Gasteiger partial charge is 0.306 e. The van der Waals surface area contributed by atoms with E-state index >= 15 is 0 Å². The summed E-state index contributed by atoms with van der Waals surface area (Å²) in [6, 6.07) is 17.0. The highest BCUT2D eigenvalue weighted by molar-refractivity contribution is 8.13. The molecule has 0 aliphatic heterocycles. The molecule has 0 aromatic heterocycles. The Balaban J connectivity index is 1.74. The Kier molecular flexibility index (Phi) is 9.35. The summed E-state index contributed by atoms with van der Waals surface area (Å²) < 4.78 is 10.7. The zero-order valence-corrected chi connectivity index (χ0v) is 17.0. The summed E-state index contributed by atoms with van der Waals surface area (Å²) in [6.07, 6.45) is 3.13. The largest absolute Gasteiger partial charge is 0.490 e. The summed E-state index contributed by atoms with van der Waals surface area (Å²) in [4.78, 5) is 25.4. The van der Waals surface area contributed by atoms with Gasteiger partial charge in [0.1, 0.15) is 19.0 Å². The molecule has 0 heterocycles. The Hall–Kier alpha value is -2.53. The minimum absolute atomic E-state index is 0.0941. The van der Waals surface area contributed by atoms with E-state index < -0.39 is 0 Å². The minimum atomic E-state index is -0.289. The molecule has 0 unspecified atom stereocenters. The van der Waals surface area contributed by atoms with Crippen molar-refractivity contribution < 1.29 is 19.1 Å². The fourth-order valence-electron chi connectivity index (χ4n) is 2.54. The lowest BCUT2D eigenvalue weighted by Gasteiger charge is -2.13. The SMILES string of the molecule is C=CCOc1ccc(COC(=O)CC[C@H](CC)C(=O)Sc2ccccc2)cc1. The predicted molar refractivity (Wildman–Crippen MR) is 112 cm³/mol. The summed E-state index contributed by atoms with van der Waals surface area (Å²) >= 11 is 1.24. The normalized spacial score (nSPS) is 11.5. The highest BCUT2D eigenvalue weighted by atomic mass is 32.2. The van der Waals surface area contributed by atoms with Gasteiger partial charge in [-0.05, 0) is 42.7 Å². The van der Waals surface area contributed by atoms with Crippen molar-refractivity contribution in [2.24, 2.45) is 5.92 Å². The first-order chi connectivity index (χ1) is 13.6. The lowest BCUT2D eigenvalue weighted by atomic mass is 10.0. The molecule has 5 heteroatoms. The van der Waals surface area contributed by atoms with Gasteiger partial charge in [0.05, 0.1) is 0 Å². The van der Waals surface area contributed by atoms with Crippen molar-refractivity contribution in [1.29, 1.82) is 0 Å². The molecule has 0 radical (unpaired) electrons. The minimum Gasteiger partial charge on any atom is -0.490 e. The number of ether oxygens (including phenoxy) is 2. The third kappa shape index (κ3) is 7.61. The van der Waals surface area contributed by atoms with Crippen LogP contribution in [0.4, 0.5) is 0 Å². The summed E-state index contributed by atoms with van der Waals surface area (Å²) in [5.41, 5.74) is 0.891. The molecule has 0 saturated carbocycles. The van der Waals surface area contributed by atoms with Gasteiger partial charge in [0.2, 0.25) is 0 Å². The van der Waals surface area contributed by atoms with E-state index in [0.29, 0.717) is 19.4 Å². The molecular weight excluding hydrogens is 372 g/mol. The van der Waals surface area contributed by atoms with Crippen LogP contribution in [0.3, 0.4) is 0 Å². The van der Waals surface area contributed by atoms with E-state index in [4.69, 9.17) is 9.47 Å². The summed E-state index contributed by atoms with van der Waals surface area (Å²) in [6.45, 7) is 6.24. The molecule has 2 rings (SSSR count). The molecule has 0 bridgehead atoms. The van der Waals surface area contributed by atoms with Crippen molar-refractivity contribution in [1.82, 2.24) is 0 Å². The van der Waals surface area contributed by atoms with Crippen LogP contribution in [0.2, 0.25) is 0 Å². The van der Waals surface area contributed by atoms with Gasteiger partial charge >= 0.3 is 5.97 Å². The molecule has 0 aliphatic carbocycles. The number of hydrogen-bond donors (Lipinski definition) is 0. The fourth-order valence-corrected chi connectivity index (χ4v) is 3.52. The Labute approximate surface area is 170 Å². The number of esters is 1. The third-order valence-electron chi connectivity index (χ3n) is 4.18. The van der Waals surface area contributed by atoms with E-state index in [2.05, 4.69) is 6.58 Å². The topological polar surface area (TPSA) is 52.6 Å². The molecule has 2 aromatic rings. The van der Waals surface area contributed by atoms with Crippen LogP contribution in [0.25, 0.3) is 0 Å². The van der Waals surface area contributed by atoms with E-state index in [0.717, 1.165) is 16.2 Å². The number of hydrogen-bond acceptors (Lipinski definition) is 5. The molecule has 0 spiro atoms. The first-order valence-electron chi connectivity index (χ1n) is 9.37. The lowest BCUT2D eigenvalue weighted by Crippen LogP contribution is -2.13. The van der Waals surface area contributed by atoms with E-state index in [1.54, 1.807) is 6.08 Å². The van der Waals surface area contributed by atoms with Crippen LogP contribution in [-0.4, -0.2) is 17.7 Å². The van der Waals surface area contributed by atoms with Crippen molar-refractivity contribution in [2.75, 3.05) is 6.61 Å². The van der Waals surface area contributed by atoms with Gasteiger partial charge in [0, 0.05) is 17.2 Å². The molecule has 2 aromatic carbocycles. The van der Waals surface area contributed by atoms with Gasteiger partial charge in [0.15, 0.2) is 5.12 Å². The molecule has 0 amide bonds. The average molecular weight is 399 g/mol. The van der Waals surface area contributed by atoms with E-state index in [1.807, 2.05) is 61.5 Å².